The van der Waals surface area contributed by atoms with Crippen LogP contribution < -0.4 is 5.19 Å². The first-order chi connectivity index (χ1) is 25.3. The van der Waals surface area contributed by atoms with Gasteiger partial charge in [-0.3, -0.25) is 4.98 Å². The van der Waals surface area contributed by atoms with Crippen molar-refractivity contribution >= 4 is 57.3 Å². The molecule has 8 rings (SSSR count). The summed E-state index contributed by atoms with van der Waals surface area (Å²) in [6.45, 7) is -1.13. The quantitative estimate of drug-likeness (QED) is 0.132. The van der Waals surface area contributed by atoms with Gasteiger partial charge in [-0.15, -0.1) is 47.5 Å². The SMILES string of the molecule is C[Si](C)(C)c1ccc(-c2[c-]cccc2)nc1.[2H]C([2H])([2H])c1[c-]c(-c2cc(C([2H])([2H])[2H])c(C([2H])([2H])[2H])cn2)c2oc3cc4oc5ccccc5c4cc3c2n1.[Ir]. The number of para-hydroxylation sites is 1. The van der Waals surface area contributed by atoms with Gasteiger partial charge in [-0.1, -0.05) is 61.6 Å². The number of hydrogen-bond donors (Lipinski definition) is 0. The predicted molar refractivity (Wildman–Crippen MR) is 187 cm³/mol. The van der Waals surface area contributed by atoms with Crippen molar-refractivity contribution in [2.24, 2.45) is 0 Å². The topological polar surface area (TPSA) is 65.0 Å². The second-order valence-electron chi connectivity index (χ2n) is 11.8. The predicted octanol–water partition coefficient (Wildman–Crippen LogP) is 9.76. The van der Waals surface area contributed by atoms with Crippen LogP contribution in [0.3, 0.4) is 0 Å². The molecule has 5 nitrogen and oxygen atoms in total. The molecule has 5 aromatic heterocycles. The van der Waals surface area contributed by atoms with Crippen molar-refractivity contribution < 1.29 is 41.3 Å². The van der Waals surface area contributed by atoms with E-state index in [0.717, 1.165) is 34.3 Å². The number of nitrogens with zero attached hydrogens (tertiary/aromatic N) is 3. The number of aromatic nitrogens is 3. The molecule has 0 saturated heterocycles. The first-order valence-corrected chi connectivity index (χ1v) is 17.9. The largest absolute Gasteiger partial charge is 0.513 e. The second kappa shape index (κ2) is 12.4. The van der Waals surface area contributed by atoms with E-state index >= 15 is 0 Å². The van der Waals surface area contributed by atoms with Gasteiger partial charge in [-0.25, -0.2) is 0 Å². The zero-order chi connectivity index (χ0) is 38.8. The molecule has 0 spiro atoms. The van der Waals surface area contributed by atoms with Gasteiger partial charge >= 0.3 is 0 Å². The molecule has 0 fully saturated rings. The normalized spacial score (nSPS) is 15.2. The zero-order valence-corrected chi connectivity index (χ0v) is 28.5. The van der Waals surface area contributed by atoms with E-state index in [2.05, 4.69) is 58.9 Å². The number of furan rings is 2. The standard InChI is InChI=1S/C25H17N2O2.C14H16NSi.Ir/c1-13-8-20(26-12-14(13)2)18-9-15(3)27-24-19-10-17-16-6-4-5-7-21(16)28-22(17)11-23(19)29-25(18)24;1-16(2,3)13-9-10-14(15-11-13)12-7-5-4-6-8-12;/h4-8,10-12H,1-3H3;4-7,9-11H,1-3H3;/q2*-1;/i1D3,2D3,3D3;;. The van der Waals surface area contributed by atoms with Gasteiger partial charge in [0.1, 0.15) is 16.7 Å². The van der Waals surface area contributed by atoms with Crippen LogP contribution in [-0.2, 0) is 20.1 Å². The summed E-state index contributed by atoms with van der Waals surface area (Å²) in [7, 11) is -1.23. The third-order valence-electron chi connectivity index (χ3n) is 7.63. The molecule has 0 aliphatic rings. The molecule has 3 aromatic carbocycles. The number of fused-ring (bicyclic) bond motifs is 6. The maximum atomic E-state index is 7.95. The molecule has 0 aliphatic heterocycles. The molecule has 7 heteroatoms. The average Bonchev–Trinajstić information content (AvgIpc) is 3.66. The van der Waals surface area contributed by atoms with E-state index in [9.17, 15) is 0 Å². The van der Waals surface area contributed by atoms with Crippen LogP contribution in [0.1, 0.15) is 29.2 Å². The van der Waals surface area contributed by atoms with Crippen LogP contribution in [0, 0.1) is 32.7 Å². The van der Waals surface area contributed by atoms with E-state index in [-0.39, 0.29) is 48.2 Å². The smallest absolute Gasteiger partial charge is 0.139 e. The minimum Gasteiger partial charge on any atom is -0.513 e. The van der Waals surface area contributed by atoms with Crippen molar-refractivity contribution in [2.75, 3.05) is 0 Å². The Kier molecular flexibility index (Phi) is 5.98. The number of aryl methyl sites for hydroxylation is 3. The summed E-state index contributed by atoms with van der Waals surface area (Å²) >= 11 is 0. The number of rotatable bonds is 3. The molecule has 46 heavy (non-hydrogen) atoms. The summed E-state index contributed by atoms with van der Waals surface area (Å²) in [6.07, 6.45) is 2.99. The Hall–Kier alpha value is -4.42. The van der Waals surface area contributed by atoms with Gasteiger partial charge in [0.25, 0.3) is 0 Å². The Balaban J connectivity index is 0.000000254. The van der Waals surface area contributed by atoms with Gasteiger partial charge in [-0.2, -0.15) is 0 Å². The van der Waals surface area contributed by atoms with Crippen molar-refractivity contribution in [3.63, 3.8) is 0 Å². The molecular weight excluding hydrogens is 763 g/mol. The first-order valence-electron chi connectivity index (χ1n) is 18.9. The van der Waals surface area contributed by atoms with Gasteiger partial charge in [0, 0.05) is 67.1 Å². The molecule has 0 atom stereocenters. The molecule has 0 aliphatic carbocycles. The molecule has 0 unspecified atom stereocenters. The van der Waals surface area contributed by atoms with Crippen molar-refractivity contribution in [1.29, 1.82) is 0 Å². The maximum absolute atomic E-state index is 7.95. The van der Waals surface area contributed by atoms with E-state index in [0.29, 0.717) is 22.1 Å². The Morgan fingerprint density at radius 3 is 2.26 bits per heavy atom. The molecule has 0 saturated carbocycles. The summed E-state index contributed by atoms with van der Waals surface area (Å²) < 4.78 is 82.7. The van der Waals surface area contributed by atoms with Crippen LogP contribution >= 0.6 is 0 Å². The Morgan fingerprint density at radius 1 is 0.717 bits per heavy atom. The monoisotopic (exact) mass is 805 g/mol. The molecule has 5 heterocycles. The Morgan fingerprint density at radius 2 is 1.52 bits per heavy atom. The van der Waals surface area contributed by atoms with Crippen LogP contribution in [0.25, 0.3) is 66.5 Å². The zero-order valence-electron chi connectivity index (χ0n) is 34.2. The van der Waals surface area contributed by atoms with Crippen molar-refractivity contribution in [3.8, 4) is 22.5 Å². The number of benzene rings is 3. The van der Waals surface area contributed by atoms with Crippen LogP contribution in [-0.4, -0.2) is 23.0 Å². The van der Waals surface area contributed by atoms with Crippen LogP contribution in [0.5, 0.6) is 0 Å². The fourth-order valence-electron chi connectivity index (χ4n) is 5.22. The second-order valence-corrected chi connectivity index (χ2v) is 16.8. The first kappa shape index (κ1) is 22.2. The third-order valence-corrected chi connectivity index (χ3v) is 9.66. The van der Waals surface area contributed by atoms with Crippen LogP contribution in [0.2, 0.25) is 19.6 Å². The minimum absolute atomic E-state index is 0. The summed E-state index contributed by atoms with van der Waals surface area (Å²) in [5, 5.41) is 3.57. The van der Waals surface area contributed by atoms with E-state index in [1.54, 1.807) is 12.1 Å². The van der Waals surface area contributed by atoms with Gasteiger partial charge < -0.3 is 18.8 Å². The number of hydrogen-bond acceptors (Lipinski definition) is 5. The Labute approximate surface area is 295 Å². The van der Waals surface area contributed by atoms with Crippen molar-refractivity contribution in [1.82, 2.24) is 15.0 Å². The van der Waals surface area contributed by atoms with E-state index in [1.165, 1.54) is 5.19 Å². The van der Waals surface area contributed by atoms with Crippen molar-refractivity contribution in [3.05, 3.63) is 120 Å². The summed E-state index contributed by atoms with van der Waals surface area (Å²) in [6, 6.07) is 30.3. The third kappa shape index (κ3) is 5.94. The molecule has 231 valence electrons. The molecule has 0 amide bonds. The molecule has 0 bridgehead atoms. The fraction of sp³-hybridized carbons (Fsp3) is 0.154. The van der Waals surface area contributed by atoms with Gasteiger partial charge in [0.15, 0.2) is 0 Å². The van der Waals surface area contributed by atoms with Gasteiger partial charge in [-0.05, 0) is 60.5 Å². The van der Waals surface area contributed by atoms with E-state index in [1.807, 2.05) is 54.7 Å². The van der Waals surface area contributed by atoms with Crippen molar-refractivity contribution in [2.45, 2.75) is 40.2 Å². The van der Waals surface area contributed by atoms with Crippen LogP contribution in [0.4, 0.5) is 0 Å². The molecule has 1 radical (unpaired) electrons. The molecule has 8 aromatic rings. The fourth-order valence-corrected chi connectivity index (χ4v) is 6.26. The minimum atomic E-state index is -2.76. The van der Waals surface area contributed by atoms with Gasteiger partial charge in [0.2, 0.25) is 0 Å². The maximum Gasteiger partial charge on any atom is 0.139 e. The molecular formula is C39H33IrN3O2Si-2. The Bertz CT molecular complexity index is 2660. The summed E-state index contributed by atoms with van der Waals surface area (Å²) in [5.74, 6) is 0. The number of pyridine rings is 3. The van der Waals surface area contributed by atoms with E-state index < -0.39 is 39.8 Å². The van der Waals surface area contributed by atoms with Crippen LogP contribution in [0.15, 0.2) is 100 Å². The van der Waals surface area contributed by atoms with E-state index in [4.69, 9.17) is 21.2 Å². The summed E-state index contributed by atoms with van der Waals surface area (Å²) in [5.41, 5.74) is 2.88. The average molecular weight is 805 g/mol. The molecule has 0 N–H and O–H groups in total. The summed E-state index contributed by atoms with van der Waals surface area (Å²) in [4.78, 5) is 13.1. The van der Waals surface area contributed by atoms with Gasteiger partial charge in [0.05, 0.1) is 19.2 Å².